The van der Waals surface area contributed by atoms with Gasteiger partial charge in [0.25, 0.3) is 0 Å². The van der Waals surface area contributed by atoms with Gasteiger partial charge in [0.15, 0.2) is 0 Å². The number of nitrogens with zero attached hydrogens (tertiary/aromatic N) is 1. The second-order valence-electron chi connectivity index (χ2n) is 4.05. The minimum atomic E-state index is -1.04. The lowest BCUT2D eigenvalue weighted by Gasteiger charge is -2.16. The monoisotopic (exact) mass is 247 g/mol. The van der Waals surface area contributed by atoms with E-state index < -0.39 is 16.8 Å². The molecule has 0 aliphatic carbocycles. The van der Waals surface area contributed by atoms with Crippen LogP contribution in [0, 0.1) is 0 Å². The Labute approximate surface area is 94.8 Å². The lowest BCUT2D eigenvalue weighted by Crippen LogP contribution is -2.23. The van der Waals surface area contributed by atoms with Crippen molar-refractivity contribution in [2.45, 2.75) is 31.3 Å². The fourth-order valence-corrected chi connectivity index (χ4v) is 2.43. The average molecular weight is 247 g/mol. The molecule has 0 saturated heterocycles. The third-order valence-corrected chi connectivity index (χ3v) is 4.50. The number of carboxylic acids is 1. The Balaban J connectivity index is 2.74. The summed E-state index contributed by atoms with van der Waals surface area (Å²) >= 11 is 1.07. The maximum Gasteiger partial charge on any atom is 0.365 e. The third-order valence-electron chi connectivity index (χ3n) is 1.70. The summed E-state index contributed by atoms with van der Waals surface area (Å²) in [6.07, 6.45) is 0. The largest absolute Gasteiger partial charge is 0.476 e. The smallest absolute Gasteiger partial charge is 0.365 e. The van der Waals surface area contributed by atoms with Crippen molar-refractivity contribution in [2.75, 3.05) is 0 Å². The Bertz CT molecular complexity index is 392. The molecule has 4 nitrogen and oxygen atoms in total. The molecule has 0 saturated carbocycles. The lowest BCUT2D eigenvalue weighted by molar-refractivity contribution is 0.0696. The Morgan fingerprint density at radius 3 is 2.60 bits per heavy atom. The molecule has 1 heterocycles. The molecule has 6 heteroatoms. The number of carbonyl (C=O) groups is 1. The normalized spacial score (nSPS) is 13.8. The van der Waals surface area contributed by atoms with E-state index >= 15 is 0 Å². The molecule has 0 aliphatic rings. The molecule has 1 rings (SSSR count). The maximum absolute atomic E-state index is 11.7. The molecule has 0 aliphatic heterocycles. The van der Waals surface area contributed by atoms with Crippen molar-refractivity contribution >= 4 is 28.1 Å². The van der Waals surface area contributed by atoms with Crippen LogP contribution in [0.3, 0.4) is 0 Å². The van der Waals surface area contributed by atoms with E-state index in [1.54, 1.807) is 5.38 Å². The zero-order chi connectivity index (χ0) is 11.6. The minimum absolute atomic E-state index is 0.0518. The van der Waals surface area contributed by atoms with Crippen molar-refractivity contribution in [3.63, 3.8) is 0 Å². The molecule has 0 fully saturated rings. The van der Waals surface area contributed by atoms with Crippen LogP contribution >= 0.6 is 11.3 Å². The summed E-state index contributed by atoms with van der Waals surface area (Å²) in [6, 6.07) is 0. The topological polar surface area (TPSA) is 67.3 Å². The van der Waals surface area contributed by atoms with E-state index in [9.17, 15) is 9.00 Å². The summed E-state index contributed by atoms with van der Waals surface area (Å²) in [5.41, 5.74) is 0.589. The summed E-state index contributed by atoms with van der Waals surface area (Å²) in [5.74, 6) is -0.722. The van der Waals surface area contributed by atoms with Gasteiger partial charge in [-0.25, -0.2) is 9.78 Å². The Morgan fingerprint density at radius 1 is 1.60 bits per heavy atom. The highest BCUT2D eigenvalue weighted by molar-refractivity contribution is 7.85. The molecule has 0 spiro atoms. The first-order valence-electron chi connectivity index (χ1n) is 4.37. The molecule has 0 bridgehead atoms. The van der Waals surface area contributed by atoms with Gasteiger partial charge in [0.2, 0.25) is 5.01 Å². The molecule has 84 valence electrons. The zero-order valence-electron chi connectivity index (χ0n) is 8.81. The number of thiazole rings is 1. The van der Waals surface area contributed by atoms with E-state index in [4.69, 9.17) is 5.11 Å². The van der Waals surface area contributed by atoms with Gasteiger partial charge in [-0.1, -0.05) is 0 Å². The van der Waals surface area contributed by atoms with Crippen LogP contribution in [0.4, 0.5) is 0 Å². The molecule has 0 aromatic carbocycles. The third kappa shape index (κ3) is 3.39. The highest BCUT2D eigenvalue weighted by Gasteiger charge is 2.21. The summed E-state index contributed by atoms with van der Waals surface area (Å²) in [7, 11) is -1.04. The van der Waals surface area contributed by atoms with Crippen LogP contribution in [0.1, 0.15) is 36.3 Å². The van der Waals surface area contributed by atoms with Crippen molar-refractivity contribution in [1.29, 1.82) is 0 Å². The fraction of sp³-hybridized carbons (Fsp3) is 0.556. The van der Waals surface area contributed by atoms with Gasteiger partial charge >= 0.3 is 5.97 Å². The number of aromatic carboxylic acids is 1. The van der Waals surface area contributed by atoms with Gasteiger partial charge in [-0.15, -0.1) is 11.3 Å². The van der Waals surface area contributed by atoms with Crippen LogP contribution in [0.15, 0.2) is 5.38 Å². The van der Waals surface area contributed by atoms with E-state index in [0.29, 0.717) is 11.4 Å². The Morgan fingerprint density at radius 2 is 2.20 bits per heavy atom. The second-order valence-corrected chi connectivity index (χ2v) is 7.11. The second kappa shape index (κ2) is 4.40. The van der Waals surface area contributed by atoms with Crippen LogP contribution < -0.4 is 0 Å². The summed E-state index contributed by atoms with van der Waals surface area (Å²) in [4.78, 5) is 14.5. The predicted molar refractivity (Wildman–Crippen MR) is 60.7 cm³/mol. The molecule has 15 heavy (non-hydrogen) atoms. The Hall–Kier alpha value is -0.750. The van der Waals surface area contributed by atoms with E-state index in [1.807, 2.05) is 20.8 Å². The molecule has 1 atom stereocenters. The molecule has 0 amide bonds. The Kier molecular flexibility index (Phi) is 3.62. The first kappa shape index (κ1) is 12.3. The molecular weight excluding hydrogens is 234 g/mol. The summed E-state index contributed by atoms with van der Waals surface area (Å²) < 4.78 is 11.4. The number of hydrogen-bond acceptors (Lipinski definition) is 4. The van der Waals surface area contributed by atoms with Crippen LogP contribution in [-0.4, -0.2) is 25.0 Å². The van der Waals surface area contributed by atoms with E-state index in [0.717, 1.165) is 11.3 Å². The van der Waals surface area contributed by atoms with E-state index in [2.05, 4.69) is 4.98 Å². The van der Waals surface area contributed by atoms with Crippen molar-refractivity contribution < 1.29 is 14.1 Å². The molecule has 0 radical (unpaired) electrons. The highest BCUT2D eigenvalue weighted by atomic mass is 32.2. The number of aromatic nitrogens is 1. The standard InChI is InChI=1S/C9H13NO3S2/c1-9(2,3)15(13)5-6-4-14-7(10-6)8(11)12/h4H,5H2,1-3H3,(H,11,12). The van der Waals surface area contributed by atoms with Crippen molar-refractivity contribution in [2.24, 2.45) is 0 Å². The average Bonchev–Trinajstić information content (AvgIpc) is 2.50. The van der Waals surface area contributed by atoms with Gasteiger partial charge in [0.1, 0.15) is 0 Å². The quantitative estimate of drug-likeness (QED) is 0.885. The SMILES string of the molecule is CC(C)(C)S(=O)Cc1csc(C(=O)O)n1. The summed E-state index contributed by atoms with van der Waals surface area (Å²) in [6.45, 7) is 5.65. The predicted octanol–water partition coefficient (Wildman–Crippen LogP) is 1.89. The minimum Gasteiger partial charge on any atom is -0.476 e. The fourth-order valence-electron chi connectivity index (χ4n) is 0.822. The van der Waals surface area contributed by atoms with Crippen LogP contribution in [0.2, 0.25) is 0 Å². The molecule has 1 aromatic heterocycles. The van der Waals surface area contributed by atoms with Crippen molar-refractivity contribution in [3.05, 3.63) is 16.1 Å². The van der Waals surface area contributed by atoms with E-state index in [1.165, 1.54) is 0 Å². The van der Waals surface area contributed by atoms with E-state index in [-0.39, 0.29) is 9.75 Å². The zero-order valence-corrected chi connectivity index (χ0v) is 10.4. The van der Waals surface area contributed by atoms with Gasteiger partial charge in [0, 0.05) is 20.9 Å². The number of rotatable bonds is 3. The van der Waals surface area contributed by atoms with Crippen LogP contribution in [0.5, 0.6) is 0 Å². The van der Waals surface area contributed by atoms with Crippen molar-refractivity contribution in [1.82, 2.24) is 4.98 Å². The first-order chi connectivity index (χ1) is 6.80. The van der Waals surface area contributed by atoms with Gasteiger partial charge in [-0.05, 0) is 20.8 Å². The lowest BCUT2D eigenvalue weighted by atomic mass is 10.3. The first-order valence-corrected chi connectivity index (χ1v) is 6.57. The molecular formula is C9H13NO3S2. The summed E-state index contributed by atoms with van der Waals surface area (Å²) in [5, 5.41) is 10.4. The van der Waals surface area contributed by atoms with Crippen LogP contribution in [0.25, 0.3) is 0 Å². The van der Waals surface area contributed by atoms with Crippen molar-refractivity contribution in [3.8, 4) is 0 Å². The van der Waals surface area contributed by atoms with Gasteiger partial charge in [-0.3, -0.25) is 4.21 Å². The number of hydrogen-bond donors (Lipinski definition) is 1. The maximum atomic E-state index is 11.7. The molecule has 1 aromatic rings. The molecule has 1 N–H and O–H groups in total. The van der Waals surface area contributed by atoms with Gasteiger partial charge in [-0.2, -0.15) is 0 Å². The number of carboxylic acid groups (broad SMARTS) is 1. The molecule has 1 unspecified atom stereocenters. The van der Waals surface area contributed by atoms with Gasteiger partial charge in [0.05, 0.1) is 11.4 Å². The van der Waals surface area contributed by atoms with Crippen LogP contribution in [-0.2, 0) is 16.6 Å². The highest BCUT2D eigenvalue weighted by Crippen LogP contribution is 2.18. The van der Waals surface area contributed by atoms with Gasteiger partial charge < -0.3 is 5.11 Å².